The van der Waals surface area contributed by atoms with Gasteiger partial charge in [0.15, 0.2) is 11.5 Å². The topological polar surface area (TPSA) is 129 Å². The van der Waals surface area contributed by atoms with Crippen molar-refractivity contribution in [1.82, 2.24) is 19.1 Å². The minimum Gasteiger partial charge on any atom is -0.479 e. The summed E-state index contributed by atoms with van der Waals surface area (Å²) in [5, 5.41) is 12.0. The van der Waals surface area contributed by atoms with Crippen molar-refractivity contribution in [2.75, 3.05) is 6.61 Å². The first-order chi connectivity index (χ1) is 12.5. The van der Waals surface area contributed by atoms with Gasteiger partial charge in [-0.2, -0.15) is 4.98 Å². The quantitative estimate of drug-likeness (QED) is 0.498. The zero-order chi connectivity index (χ0) is 18.7. The minimum atomic E-state index is -1.17. The summed E-state index contributed by atoms with van der Waals surface area (Å²) in [6, 6.07) is 8.38. The highest BCUT2D eigenvalue weighted by Crippen LogP contribution is 2.11. The van der Waals surface area contributed by atoms with E-state index in [0.29, 0.717) is 5.69 Å². The molecule has 2 heterocycles. The molecule has 0 fully saturated rings. The Balaban J connectivity index is 2.12. The number of carboxylic acid groups (broad SMARTS) is 1. The molecule has 0 saturated heterocycles. The third-order valence-electron chi connectivity index (χ3n) is 3.37. The highest BCUT2D eigenvalue weighted by Gasteiger charge is 2.19. The summed E-state index contributed by atoms with van der Waals surface area (Å²) in [7, 11) is 1.60. The number of hydrogen-bond acceptors (Lipinski definition) is 7. The van der Waals surface area contributed by atoms with Gasteiger partial charge in [-0.05, 0) is 12.1 Å². The lowest BCUT2D eigenvalue weighted by Gasteiger charge is -2.12. The van der Waals surface area contributed by atoms with Crippen LogP contribution in [0, 0.1) is 0 Å². The van der Waals surface area contributed by atoms with Gasteiger partial charge < -0.3 is 14.5 Å². The number of para-hydroxylation sites is 1. The molecule has 0 aromatic heterocycles. The molecule has 26 heavy (non-hydrogen) atoms. The zero-order valence-electron chi connectivity index (χ0n) is 13.6. The molecule has 0 amide bonds. The van der Waals surface area contributed by atoms with Gasteiger partial charge in [0.25, 0.3) is 5.56 Å². The molecule has 0 bridgehead atoms. The van der Waals surface area contributed by atoms with Gasteiger partial charge in [-0.25, -0.2) is 19.1 Å². The Kier molecular flexibility index (Phi) is 4.56. The van der Waals surface area contributed by atoms with Crippen molar-refractivity contribution in [3.63, 3.8) is 0 Å². The number of aryl methyl sites for hydroxylation is 1. The number of fused-ring (bicyclic) bond motifs is 1. The van der Waals surface area contributed by atoms with Crippen molar-refractivity contribution in [2.45, 2.75) is 0 Å². The summed E-state index contributed by atoms with van der Waals surface area (Å²) < 4.78 is 2.39. The molecule has 0 atom stereocenters. The number of aliphatic carboxylic acids is 1. The van der Waals surface area contributed by atoms with Gasteiger partial charge in [-0.3, -0.25) is 4.79 Å². The number of oxime groups is 1. The van der Waals surface area contributed by atoms with Crippen LogP contribution in [0.1, 0.15) is 5.69 Å². The predicted octanol–water partition coefficient (Wildman–Crippen LogP) is -0.134. The number of benzene rings is 1. The smallest absolute Gasteiger partial charge is 0.357 e. The Morgan fingerprint density at radius 1 is 1.27 bits per heavy atom. The first kappa shape index (κ1) is 17.0. The van der Waals surface area contributed by atoms with Crippen LogP contribution in [0.15, 0.2) is 51.3 Å². The third-order valence-corrected chi connectivity index (χ3v) is 3.37. The molecule has 3 rings (SSSR count). The maximum absolute atomic E-state index is 12.8. The minimum absolute atomic E-state index is 0.0295. The van der Waals surface area contributed by atoms with Gasteiger partial charge in [0.1, 0.15) is 5.69 Å². The molecule has 0 radical (unpaired) electrons. The standard InChI is InChI=1S/C16H13N5O5/c1-20-8-10(7-17-26-9-12(22)23)18-13-14(20)19-16(25)21(15(13)24)11-5-3-2-4-6-11/h2-8H,9H2,1H3,(H,22,23). The van der Waals surface area contributed by atoms with Crippen molar-refractivity contribution in [3.8, 4) is 17.2 Å². The number of hydrogen-bond donors (Lipinski definition) is 1. The van der Waals surface area contributed by atoms with E-state index in [-0.39, 0.29) is 17.2 Å². The maximum Gasteiger partial charge on any atom is 0.357 e. The third kappa shape index (κ3) is 3.34. The molecule has 1 N–H and O–H groups in total. The second-order valence-electron chi connectivity index (χ2n) is 5.22. The van der Waals surface area contributed by atoms with E-state index in [2.05, 4.69) is 20.0 Å². The Morgan fingerprint density at radius 2 is 2.00 bits per heavy atom. The summed E-state index contributed by atoms with van der Waals surface area (Å²) in [6.45, 7) is -0.599. The van der Waals surface area contributed by atoms with E-state index in [9.17, 15) is 14.4 Å². The first-order valence-electron chi connectivity index (χ1n) is 7.40. The maximum atomic E-state index is 12.8. The van der Waals surface area contributed by atoms with Gasteiger partial charge in [-0.1, -0.05) is 23.4 Å². The van der Waals surface area contributed by atoms with E-state index < -0.39 is 23.8 Å². The van der Waals surface area contributed by atoms with E-state index in [0.717, 1.165) is 4.57 Å². The molecule has 132 valence electrons. The number of carboxylic acids is 1. The molecule has 10 heteroatoms. The van der Waals surface area contributed by atoms with E-state index in [1.165, 1.54) is 17.0 Å². The lowest BCUT2D eigenvalue weighted by atomic mass is 10.3. The lowest BCUT2D eigenvalue weighted by Crippen LogP contribution is -2.37. The largest absolute Gasteiger partial charge is 0.479 e. The Hall–Kier alpha value is -3.82. The van der Waals surface area contributed by atoms with Crippen molar-refractivity contribution < 1.29 is 14.7 Å². The molecule has 10 nitrogen and oxygen atoms in total. The van der Waals surface area contributed by atoms with Crippen LogP contribution in [0.5, 0.6) is 0 Å². The highest BCUT2D eigenvalue weighted by molar-refractivity contribution is 5.77. The fraction of sp³-hybridized carbons (Fsp3) is 0.125. The summed E-state index contributed by atoms with van der Waals surface area (Å²) >= 11 is 0. The first-order valence-corrected chi connectivity index (χ1v) is 7.40. The van der Waals surface area contributed by atoms with Crippen LogP contribution in [0.4, 0.5) is 0 Å². The Bertz CT molecular complexity index is 1070. The van der Waals surface area contributed by atoms with Crippen molar-refractivity contribution in [2.24, 2.45) is 12.2 Å². The summed E-state index contributed by atoms with van der Waals surface area (Å²) in [4.78, 5) is 48.1. The predicted molar refractivity (Wildman–Crippen MR) is 90.7 cm³/mol. The van der Waals surface area contributed by atoms with Gasteiger partial charge >= 0.3 is 11.7 Å². The fourth-order valence-electron chi connectivity index (χ4n) is 2.29. The summed E-state index contributed by atoms with van der Waals surface area (Å²) in [5.74, 6) is -1.05. The van der Waals surface area contributed by atoms with Gasteiger partial charge in [-0.15, -0.1) is 0 Å². The normalized spacial score (nSPS) is 11.1. The molecule has 1 aromatic carbocycles. The number of aromatic nitrogens is 4. The molecular weight excluding hydrogens is 342 g/mol. The monoisotopic (exact) mass is 355 g/mol. The molecule has 1 aromatic rings. The van der Waals surface area contributed by atoms with Crippen molar-refractivity contribution in [1.29, 1.82) is 0 Å². The number of rotatable bonds is 5. The second-order valence-corrected chi connectivity index (χ2v) is 5.22. The molecule has 0 saturated carbocycles. The second kappa shape index (κ2) is 6.97. The Morgan fingerprint density at radius 3 is 2.69 bits per heavy atom. The van der Waals surface area contributed by atoms with E-state index in [1.54, 1.807) is 37.4 Å². The number of carbonyl (C=O) groups is 1. The Labute approximate surface area is 146 Å². The van der Waals surface area contributed by atoms with Crippen LogP contribution >= 0.6 is 0 Å². The van der Waals surface area contributed by atoms with Crippen LogP contribution in [0.3, 0.4) is 0 Å². The molecule has 0 aliphatic carbocycles. The molecule has 0 spiro atoms. The van der Waals surface area contributed by atoms with E-state index in [1.807, 2.05) is 0 Å². The van der Waals surface area contributed by atoms with Crippen molar-refractivity contribution in [3.05, 3.63) is 63.1 Å². The van der Waals surface area contributed by atoms with Gasteiger partial charge in [0.05, 0.1) is 11.9 Å². The SMILES string of the molecule is Cn1cc(C=NOCC(=O)O)nc2c(=O)n(-c3ccccc3)c(=O)nc1-2. The number of nitrogens with zero attached hydrogens (tertiary/aromatic N) is 5. The zero-order valence-corrected chi connectivity index (χ0v) is 13.6. The lowest BCUT2D eigenvalue weighted by molar-refractivity contribution is -0.142. The van der Waals surface area contributed by atoms with E-state index >= 15 is 0 Å². The summed E-state index contributed by atoms with van der Waals surface area (Å²) in [5.41, 5.74) is -0.744. The highest BCUT2D eigenvalue weighted by atomic mass is 16.6. The molecule has 2 aliphatic rings. The molecule has 0 unspecified atom stereocenters. The summed E-state index contributed by atoms with van der Waals surface area (Å²) in [6.07, 6.45) is 2.65. The fourth-order valence-corrected chi connectivity index (χ4v) is 2.29. The van der Waals surface area contributed by atoms with Crippen LogP contribution in [0.25, 0.3) is 17.2 Å². The van der Waals surface area contributed by atoms with E-state index in [4.69, 9.17) is 5.11 Å². The van der Waals surface area contributed by atoms with Gasteiger partial charge in [0.2, 0.25) is 6.61 Å². The van der Waals surface area contributed by atoms with Crippen LogP contribution < -0.4 is 11.2 Å². The molecule has 2 aliphatic heterocycles. The average Bonchev–Trinajstić information content (AvgIpc) is 2.61. The molecular formula is C16H13N5O5. The average molecular weight is 355 g/mol. The van der Waals surface area contributed by atoms with Gasteiger partial charge in [0, 0.05) is 13.2 Å². The van der Waals surface area contributed by atoms with Crippen LogP contribution in [0.2, 0.25) is 0 Å². The van der Waals surface area contributed by atoms with Crippen LogP contribution in [-0.2, 0) is 16.7 Å². The van der Waals surface area contributed by atoms with Crippen molar-refractivity contribution >= 4 is 12.2 Å². The van der Waals surface area contributed by atoms with Crippen LogP contribution in [-0.4, -0.2) is 43.0 Å².